The minimum Gasteiger partial charge on any atom is -0.314 e. The van der Waals surface area contributed by atoms with Crippen LogP contribution in [-0.2, 0) is 0 Å². The first-order valence-electron chi connectivity index (χ1n) is 7.01. The molecule has 0 unspecified atom stereocenters. The van der Waals surface area contributed by atoms with E-state index < -0.39 is 0 Å². The van der Waals surface area contributed by atoms with Gasteiger partial charge in [0.15, 0.2) is 6.29 Å². The normalized spacial score (nSPS) is 10.9. The molecular formula is C18H13N3O. The van der Waals surface area contributed by atoms with Crippen LogP contribution < -0.4 is 0 Å². The second kappa shape index (κ2) is 5.00. The number of carbonyl (C=O) groups excluding carboxylic acids is 1. The van der Waals surface area contributed by atoms with E-state index in [9.17, 15) is 4.79 Å². The van der Waals surface area contributed by atoms with Crippen LogP contribution in [0.25, 0.3) is 22.3 Å². The third-order valence-electron chi connectivity index (χ3n) is 3.79. The fourth-order valence-corrected chi connectivity index (χ4v) is 2.79. The lowest BCUT2D eigenvalue weighted by molar-refractivity contribution is 0.112. The van der Waals surface area contributed by atoms with E-state index >= 15 is 0 Å². The SMILES string of the molecule is O=Cc1cn(-c2ccccc2-n2ccnc2)c2ccccc12. The molecule has 22 heavy (non-hydrogen) atoms. The first-order chi connectivity index (χ1) is 10.9. The molecule has 0 saturated carbocycles. The highest BCUT2D eigenvalue weighted by atomic mass is 16.1. The van der Waals surface area contributed by atoms with Crippen LogP contribution in [0.3, 0.4) is 0 Å². The Bertz CT molecular complexity index is 952. The van der Waals surface area contributed by atoms with E-state index in [2.05, 4.69) is 9.55 Å². The maximum absolute atomic E-state index is 11.4. The highest BCUT2D eigenvalue weighted by Gasteiger charge is 2.12. The van der Waals surface area contributed by atoms with Gasteiger partial charge in [-0.3, -0.25) is 4.79 Å². The average Bonchev–Trinajstić information content (AvgIpc) is 3.23. The summed E-state index contributed by atoms with van der Waals surface area (Å²) < 4.78 is 4.01. The van der Waals surface area contributed by atoms with Crippen molar-refractivity contribution in [1.82, 2.24) is 14.1 Å². The summed E-state index contributed by atoms with van der Waals surface area (Å²) >= 11 is 0. The van der Waals surface area contributed by atoms with Crippen molar-refractivity contribution in [3.63, 3.8) is 0 Å². The number of fused-ring (bicyclic) bond motifs is 1. The molecule has 0 fully saturated rings. The molecule has 4 heteroatoms. The van der Waals surface area contributed by atoms with Gasteiger partial charge >= 0.3 is 0 Å². The van der Waals surface area contributed by atoms with Gasteiger partial charge in [0.1, 0.15) is 0 Å². The Balaban J connectivity index is 2.03. The number of hydrogen-bond acceptors (Lipinski definition) is 2. The van der Waals surface area contributed by atoms with Gasteiger partial charge in [-0.05, 0) is 18.2 Å². The van der Waals surface area contributed by atoms with Crippen molar-refractivity contribution in [3.05, 3.63) is 79.0 Å². The first-order valence-corrected chi connectivity index (χ1v) is 7.01. The quantitative estimate of drug-likeness (QED) is 0.540. The van der Waals surface area contributed by atoms with E-state index in [4.69, 9.17) is 0 Å². The second-order valence-electron chi connectivity index (χ2n) is 5.05. The van der Waals surface area contributed by atoms with Crippen LogP contribution in [0.4, 0.5) is 0 Å². The van der Waals surface area contributed by atoms with Gasteiger partial charge in [-0.25, -0.2) is 4.98 Å². The summed E-state index contributed by atoms with van der Waals surface area (Å²) in [5.74, 6) is 0. The molecule has 0 aliphatic rings. The molecular weight excluding hydrogens is 274 g/mol. The molecule has 0 radical (unpaired) electrons. The van der Waals surface area contributed by atoms with Crippen LogP contribution in [0.2, 0.25) is 0 Å². The van der Waals surface area contributed by atoms with Crippen LogP contribution in [-0.4, -0.2) is 20.4 Å². The Morgan fingerprint density at radius 3 is 2.50 bits per heavy atom. The van der Waals surface area contributed by atoms with Gasteiger partial charge in [0.2, 0.25) is 0 Å². The minimum absolute atomic E-state index is 0.691. The number of para-hydroxylation sites is 3. The zero-order valence-electron chi connectivity index (χ0n) is 11.8. The Kier molecular flexibility index (Phi) is 2.86. The van der Waals surface area contributed by atoms with E-state index in [-0.39, 0.29) is 0 Å². The van der Waals surface area contributed by atoms with Crippen molar-refractivity contribution >= 4 is 17.2 Å². The van der Waals surface area contributed by atoms with Crippen LogP contribution in [0.5, 0.6) is 0 Å². The molecule has 0 aliphatic heterocycles. The summed E-state index contributed by atoms with van der Waals surface area (Å²) in [5.41, 5.74) is 3.72. The smallest absolute Gasteiger partial charge is 0.152 e. The van der Waals surface area contributed by atoms with Crippen LogP contribution in [0, 0.1) is 0 Å². The summed E-state index contributed by atoms with van der Waals surface area (Å²) in [6, 6.07) is 16.0. The maximum atomic E-state index is 11.4. The topological polar surface area (TPSA) is 39.8 Å². The second-order valence-corrected chi connectivity index (χ2v) is 5.05. The number of carbonyl (C=O) groups is 1. The van der Waals surface area contributed by atoms with E-state index in [0.717, 1.165) is 28.6 Å². The van der Waals surface area contributed by atoms with Crippen molar-refractivity contribution in [2.24, 2.45) is 0 Å². The van der Waals surface area contributed by atoms with Crippen molar-refractivity contribution < 1.29 is 4.79 Å². The minimum atomic E-state index is 0.691. The molecule has 0 spiro atoms. The molecule has 0 amide bonds. The Labute approximate surface area is 127 Å². The summed E-state index contributed by atoms with van der Waals surface area (Å²) in [7, 11) is 0. The summed E-state index contributed by atoms with van der Waals surface area (Å²) in [4.78, 5) is 15.5. The lowest BCUT2D eigenvalue weighted by Crippen LogP contribution is -2.00. The number of benzene rings is 2. The zero-order valence-corrected chi connectivity index (χ0v) is 11.8. The largest absolute Gasteiger partial charge is 0.314 e. The van der Waals surface area contributed by atoms with E-state index in [1.807, 2.05) is 65.5 Å². The molecule has 2 aromatic carbocycles. The monoisotopic (exact) mass is 287 g/mol. The van der Waals surface area contributed by atoms with Crippen molar-refractivity contribution in [2.45, 2.75) is 0 Å². The fourth-order valence-electron chi connectivity index (χ4n) is 2.79. The van der Waals surface area contributed by atoms with E-state index in [1.165, 1.54) is 0 Å². The summed E-state index contributed by atoms with van der Waals surface area (Å²) in [6.07, 6.45) is 8.21. The maximum Gasteiger partial charge on any atom is 0.152 e. The number of aromatic nitrogens is 3. The molecule has 106 valence electrons. The molecule has 0 saturated heterocycles. The summed E-state index contributed by atoms with van der Waals surface area (Å²) in [5, 5.41) is 0.956. The number of nitrogens with zero attached hydrogens (tertiary/aromatic N) is 3. The molecule has 4 aromatic rings. The highest BCUT2D eigenvalue weighted by Crippen LogP contribution is 2.27. The van der Waals surface area contributed by atoms with Gasteiger partial charge in [-0.2, -0.15) is 0 Å². The molecule has 4 nitrogen and oxygen atoms in total. The standard InChI is InChI=1S/C18H13N3O/c22-12-14-11-21(16-6-2-1-5-15(14)16)18-8-4-3-7-17(18)20-10-9-19-13-20/h1-13H. The van der Waals surface area contributed by atoms with Crippen molar-refractivity contribution in [2.75, 3.05) is 0 Å². The molecule has 0 atom stereocenters. The van der Waals surface area contributed by atoms with Gasteiger partial charge < -0.3 is 9.13 Å². The summed E-state index contributed by atoms with van der Waals surface area (Å²) in [6.45, 7) is 0. The number of imidazole rings is 1. The molecule has 2 heterocycles. The third kappa shape index (κ3) is 1.85. The number of rotatable bonds is 3. The van der Waals surface area contributed by atoms with Crippen molar-refractivity contribution in [3.8, 4) is 11.4 Å². The van der Waals surface area contributed by atoms with Crippen LogP contribution in [0.1, 0.15) is 10.4 Å². The first kappa shape index (κ1) is 12.6. The lowest BCUT2D eigenvalue weighted by atomic mass is 10.2. The predicted molar refractivity (Wildman–Crippen MR) is 85.8 cm³/mol. The molecule has 0 N–H and O–H groups in total. The molecule has 0 aliphatic carbocycles. The molecule has 0 bridgehead atoms. The Morgan fingerprint density at radius 1 is 0.955 bits per heavy atom. The van der Waals surface area contributed by atoms with Crippen molar-refractivity contribution in [1.29, 1.82) is 0 Å². The third-order valence-corrected chi connectivity index (χ3v) is 3.79. The number of aldehydes is 1. The van der Waals surface area contributed by atoms with E-state index in [1.54, 1.807) is 12.5 Å². The fraction of sp³-hybridized carbons (Fsp3) is 0. The van der Waals surface area contributed by atoms with Gasteiger partial charge in [-0.1, -0.05) is 30.3 Å². The Morgan fingerprint density at radius 2 is 1.73 bits per heavy atom. The highest BCUT2D eigenvalue weighted by molar-refractivity contribution is 5.98. The van der Waals surface area contributed by atoms with Gasteiger partial charge in [0, 0.05) is 29.5 Å². The lowest BCUT2D eigenvalue weighted by Gasteiger charge is -2.12. The van der Waals surface area contributed by atoms with Gasteiger partial charge in [-0.15, -0.1) is 0 Å². The molecule has 4 rings (SSSR count). The van der Waals surface area contributed by atoms with Gasteiger partial charge in [0.25, 0.3) is 0 Å². The van der Waals surface area contributed by atoms with Gasteiger partial charge in [0.05, 0.1) is 23.2 Å². The predicted octanol–water partition coefficient (Wildman–Crippen LogP) is 3.63. The Hall–Kier alpha value is -3.14. The van der Waals surface area contributed by atoms with E-state index in [0.29, 0.717) is 5.56 Å². The zero-order chi connectivity index (χ0) is 14.9. The van der Waals surface area contributed by atoms with Crippen LogP contribution >= 0.6 is 0 Å². The molecule has 2 aromatic heterocycles. The van der Waals surface area contributed by atoms with Crippen LogP contribution in [0.15, 0.2) is 73.4 Å². The average molecular weight is 287 g/mol. The number of hydrogen-bond donors (Lipinski definition) is 0.